The van der Waals surface area contributed by atoms with Gasteiger partial charge < -0.3 is 28.4 Å². The van der Waals surface area contributed by atoms with Gasteiger partial charge in [-0.05, 0) is 80.9 Å². The first-order valence-electron chi connectivity index (χ1n) is 20.2. The first kappa shape index (κ1) is 34.8. The number of epoxide rings is 1. The van der Waals surface area contributed by atoms with Crippen LogP contribution in [-0.2, 0) is 34.2 Å². The Morgan fingerprint density at radius 2 is 1.68 bits per heavy atom. The molecule has 0 N–H and O–H groups in total. The molecule has 9 atom stereocenters. The van der Waals surface area contributed by atoms with Gasteiger partial charge in [0.05, 0.1) is 24.2 Å². The molecule has 4 aliphatic heterocycles. The Kier molecular flexibility index (Phi) is 7.08. The molecule has 1 unspecified atom stereocenters. The van der Waals surface area contributed by atoms with E-state index in [-0.39, 0.29) is 40.9 Å². The number of ether oxygens (including phenoxy) is 6. The lowest BCUT2D eigenvalue weighted by Gasteiger charge is -2.58. The van der Waals surface area contributed by atoms with Crippen molar-refractivity contribution in [3.8, 4) is 35.3 Å². The van der Waals surface area contributed by atoms with Crippen LogP contribution in [0.3, 0.4) is 0 Å². The van der Waals surface area contributed by atoms with Crippen LogP contribution in [0.5, 0.6) is 23.0 Å². The lowest BCUT2D eigenvalue weighted by atomic mass is 9.43. The highest BCUT2D eigenvalue weighted by atomic mass is 16.6. The molecule has 3 aromatic rings. The van der Waals surface area contributed by atoms with Crippen LogP contribution in [0.4, 0.5) is 0 Å². The van der Waals surface area contributed by atoms with Crippen LogP contribution >= 0.6 is 0 Å². The quantitative estimate of drug-likeness (QED) is 0.0846. The van der Waals surface area contributed by atoms with E-state index in [1.807, 2.05) is 18.2 Å². The van der Waals surface area contributed by atoms with Crippen molar-refractivity contribution in [2.45, 2.75) is 94.5 Å². The van der Waals surface area contributed by atoms with Crippen molar-refractivity contribution < 1.29 is 47.6 Å². The largest absolute Gasteiger partial charge is 0.492 e. The lowest BCUT2D eigenvalue weighted by molar-refractivity contribution is -0.170. The van der Waals surface area contributed by atoms with Crippen LogP contribution in [0.1, 0.15) is 98.7 Å². The molecule has 0 radical (unpaired) electrons. The van der Waals surface area contributed by atoms with Crippen molar-refractivity contribution in [2.75, 3.05) is 6.61 Å². The maximum Gasteiger partial charge on any atom is 0.340 e. The number of terminal acetylenes is 1. The van der Waals surface area contributed by atoms with Crippen LogP contribution in [0, 0.1) is 40.9 Å². The molecule has 10 nitrogen and oxygen atoms in total. The van der Waals surface area contributed by atoms with Crippen molar-refractivity contribution >= 4 is 23.7 Å². The summed E-state index contributed by atoms with van der Waals surface area (Å²) in [6.45, 7) is 4.78. The zero-order valence-corrected chi connectivity index (χ0v) is 31.9. The minimum absolute atomic E-state index is 0.0492. The van der Waals surface area contributed by atoms with Crippen molar-refractivity contribution in [3.05, 3.63) is 94.6 Å². The van der Waals surface area contributed by atoms with E-state index in [0.29, 0.717) is 84.6 Å². The lowest BCUT2D eigenvalue weighted by Crippen LogP contribution is -2.63. The summed E-state index contributed by atoms with van der Waals surface area (Å²) >= 11 is 0. The van der Waals surface area contributed by atoms with Gasteiger partial charge in [0.1, 0.15) is 34.2 Å². The Hall–Kier alpha value is -5.40. The Balaban J connectivity index is 0.975. The van der Waals surface area contributed by atoms with Gasteiger partial charge in [-0.3, -0.25) is 14.4 Å². The van der Waals surface area contributed by atoms with Gasteiger partial charge in [-0.2, -0.15) is 0 Å². The topological polar surface area (TPSA) is 127 Å². The van der Waals surface area contributed by atoms with Gasteiger partial charge in [-0.1, -0.05) is 37.6 Å². The molecule has 8 aliphatic rings. The van der Waals surface area contributed by atoms with Crippen molar-refractivity contribution in [1.82, 2.24) is 0 Å². The average Bonchev–Trinajstić information content (AvgIpc) is 3.52. The number of ketones is 1. The van der Waals surface area contributed by atoms with E-state index < -0.39 is 40.1 Å². The van der Waals surface area contributed by atoms with Gasteiger partial charge >= 0.3 is 17.9 Å². The molecule has 0 aromatic heterocycles. The Labute approximate surface area is 330 Å². The normalized spacial score (nSPS) is 37.1. The molecule has 3 saturated carbocycles. The summed E-state index contributed by atoms with van der Waals surface area (Å²) in [6, 6.07) is 17.9. The van der Waals surface area contributed by atoms with E-state index in [1.165, 1.54) is 0 Å². The molecule has 4 aliphatic carbocycles. The second kappa shape index (κ2) is 11.6. The van der Waals surface area contributed by atoms with Crippen LogP contribution in [0.15, 0.2) is 72.3 Å². The number of fused-ring (bicyclic) bond motifs is 10. The second-order valence-corrected chi connectivity index (χ2v) is 17.7. The third-order valence-electron chi connectivity index (χ3n) is 15.4. The van der Waals surface area contributed by atoms with E-state index in [1.54, 1.807) is 48.5 Å². The van der Waals surface area contributed by atoms with Gasteiger partial charge in [-0.25, -0.2) is 4.79 Å². The molecule has 11 rings (SSSR count). The Morgan fingerprint density at radius 3 is 2.46 bits per heavy atom. The zero-order valence-electron chi connectivity index (χ0n) is 31.9. The number of carbonyl (C=O) groups excluding carboxylic acids is 4. The summed E-state index contributed by atoms with van der Waals surface area (Å²) in [5.41, 5.74) is 0.0510. The summed E-state index contributed by atoms with van der Waals surface area (Å²) in [6.07, 6.45) is 12.4. The fourth-order valence-electron chi connectivity index (χ4n) is 12.7. The zero-order chi connectivity index (χ0) is 39.1. The number of hydrogen-bond donors (Lipinski definition) is 0. The first-order chi connectivity index (χ1) is 27.5. The smallest absolute Gasteiger partial charge is 0.340 e. The monoisotopic (exact) mass is 766 g/mol. The van der Waals surface area contributed by atoms with Crippen LogP contribution in [0.2, 0.25) is 0 Å². The number of carbonyl (C=O) groups is 4. The van der Waals surface area contributed by atoms with E-state index in [2.05, 4.69) is 19.8 Å². The highest BCUT2D eigenvalue weighted by Gasteiger charge is 2.83. The maximum absolute atomic E-state index is 14.9. The van der Waals surface area contributed by atoms with Crippen molar-refractivity contribution in [2.24, 2.45) is 28.6 Å². The molecule has 4 heterocycles. The molecule has 3 spiro atoms. The molecule has 3 aromatic carbocycles. The minimum Gasteiger partial charge on any atom is -0.492 e. The Morgan fingerprint density at radius 1 is 0.912 bits per heavy atom. The fourth-order valence-corrected chi connectivity index (χ4v) is 12.7. The molecule has 2 saturated heterocycles. The molecule has 0 amide bonds. The summed E-state index contributed by atoms with van der Waals surface area (Å²) in [5, 5.41) is 0. The first-order valence-corrected chi connectivity index (χ1v) is 20.2. The standard InChI is InChI=1S/C47H42O10/c1-4-5-20-52-28-10-12-33-36(23-28)54-37-24-29(11-13-34(37)46(33)32-9-7-6-8-30(32)42(51)57-46)53-41(50)31-22-26-21-27(48)14-17-43(26,2)47-38(55-47)25-44(3)35(40(31)47)15-18-45(44)19-16-39(49)56-45/h1,6-13,21,23-24,31,35,38,40H,5,14-20,22,25H2,2-3H3/t31-,35+,38-,40+,43+,44+,45-,46?,47-/m1/s1. The van der Waals surface area contributed by atoms with E-state index >= 15 is 0 Å². The summed E-state index contributed by atoms with van der Waals surface area (Å²) in [7, 11) is 0. The van der Waals surface area contributed by atoms with Crippen LogP contribution in [0.25, 0.3) is 0 Å². The summed E-state index contributed by atoms with van der Waals surface area (Å²) in [4.78, 5) is 53.9. The number of rotatable bonds is 5. The predicted octanol–water partition coefficient (Wildman–Crippen LogP) is 7.53. The maximum atomic E-state index is 14.9. The van der Waals surface area contributed by atoms with E-state index in [9.17, 15) is 19.2 Å². The molecule has 290 valence electrons. The second-order valence-electron chi connectivity index (χ2n) is 17.7. The fraction of sp³-hybridized carbons (Fsp3) is 0.447. The van der Waals surface area contributed by atoms with Crippen LogP contribution < -0.4 is 14.2 Å². The number of hydrogen-bond acceptors (Lipinski definition) is 10. The Bertz CT molecular complexity index is 2430. The van der Waals surface area contributed by atoms with Crippen LogP contribution in [-0.4, -0.2) is 47.6 Å². The number of benzene rings is 3. The van der Waals surface area contributed by atoms with Gasteiger partial charge in [-0.15, -0.1) is 12.3 Å². The van der Waals surface area contributed by atoms with Gasteiger partial charge in [0.15, 0.2) is 11.4 Å². The number of esters is 3. The SMILES string of the molecule is C#CCCOc1ccc2c(c1)Oc1cc(OC(=O)[C@@H]3CC4=CC(=O)CC[C@]4(C)[C@@]45O[C@@H]4C[C@@]4(C)[C@@H](CC[C@@]46CCC(=O)O6)[C@H]35)ccc1C21OC(=O)c2ccccc21. The van der Waals surface area contributed by atoms with E-state index in [4.69, 9.17) is 34.8 Å². The van der Waals surface area contributed by atoms with Crippen molar-refractivity contribution in [3.63, 3.8) is 0 Å². The highest BCUT2D eigenvalue weighted by Crippen LogP contribution is 2.78. The predicted molar refractivity (Wildman–Crippen MR) is 202 cm³/mol. The summed E-state index contributed by atoms with van der Waals surface area (Å²) < 4.78 is 38.3. The molecular weight excluding hydrogens is 725 g/mol. The molecule has 0 bridgehead atoms. The third kappa shape index (κ3) is 4.41. The molecule has 5 fully saturated rings. The highest BCUT2D eigenvalue weighted by molar-refractivity contribution is 5.97. The minimum atomic E-state index is -1.32. The summed E-state index contributed by atoms with van der Waals surface area (Å²) in [5.74, 6) is 2.48. The van der Waals surface area contributed by atoms with Gasteiger partial charge in [0.2, 0.25) is 0 Å². The molecule has 57 heavy (non-hydrogen) atoms. The molecular formula is C47H42O10. The third-order valence-corrected chi connectivity index (χ3v) is 15.4. The van der Waals surface area contributed by atoms with Crippen molar-refractivity contribution in [1.29, 1.82) is 0 Å². The average molecular weight is 767 g/mol. The van der Waals surface area contributed by atoms with Gasteiger partial charge in [0.25, 0.3) is 0 Å². The van der Waals surface area contributed by atoms with E-state index in [0.717, 1.165) is 24.8 Å². The van der Waals surface area contributed by atoms with Gasteiger partial charge in [0, 0.05) is 64.8 Å². The molecule has 10 heteroatoms.